The third-order valence-electron chi connectivity index (χ3n) is 2.95. The van der Waals surface area contributed by atoms with Gasteiger partial charge in [-0.1, -0.05) is 12.2 Å². The predicted molar refractivity (Wildman–Crippen MR) is 96.2 cm³/mol. The molecule has 0 saturated carbocycles. The second-order valence-electron chi connectivity index (χ2n) is 4.63. The molecule has 2 nitrogen and oxygen atoms in total. The van der Waals surface area contributed by atoms with E-state index < -0.39 is 0 Å². The Morgan fingerprint density at radius 2 is 1.27 bits per heavy atom. The van der Waals surface area contributed by atoms with Crippen molar-refractivity contribution in [1.82, 2.24) is 0 Å². The number of hydrogen-bond donors (Lipinski definition) is 0. The van der Waals surface area contributed by atoms with Crippen molar-refractivity contribution >= 4 is 23.5 Å². The highest BCUT2D eigenvalue weighted by molar-refractivity contribution is 8.02. The number of rotatable bonds is 10. The molecule has 0 fully saturated rings. The van der Waals surface area contributed by atoms with E-state index in [1.54, 1.807) is 23.5 Å². The smallest absolute Gasteiger partial charge is 0.101 e. The summed E-state index contributed by atoms with van der Waals surface area (Å²) in [7, 11) is 0. The van der Waals surface area contributed by atoms with E-state index >= 15 is 0 Å². The second-order valence-corrected chi connectivity index (χ2v) is 6.90. The van der Waals surface area contributed by atoms with Crippen molar-refractivity contribution in [2.45, 2.75) is 35.5 Å². The van der Waals surface area contributed by atoms with Crippen molar-refractivity contribution in [3.63, 3.8) is 0 Å². The number of benzene rings is 1. The first kappa shape index (κ1) is 18.4. The van der Waals surface area contributed by atoms with Crippen molar-refractivity contribution in [3.05, 3.63) is 48.6 Å². The first-order valence-corrected chi connectivity index (χ1v) is 9.19. The van der Waals surface area contributed by atoms with Gasteiger partial charge >= 0.3 is 0 Å². The third-order valence-corrected chi connectivity index (χ3v) is 5.36. The molecule has 114 valence electrons. The lowest BCUT2D eigenvalue weighted by Crippen LogP contribution is -1.91. The van der Waals surface area contributed by atoms with Crippen LogP contribution in [0.2, 0.25) is 0 Å². The highest BCUT2D eigenvalue weighted by Crippen LogP contribution is 2.34. The fraction of sp³-hybridized carbons (Fsp3) is 0.333. The van der Waals surface area contributed by atoms with Crippen LogP contribution in [0.4, 0.5) is 0 Å². The van der Waals surface area contributed by atoms with E-state index in [0.717, 1.165) is 47.0 Å². The average Bonchev–Trinajstić information content (AvgIpc) is 2.55. The molecule has 0 N–H and O–H groups in total. The number of nitriles is 2. The minimum Gasteiger partial charge on any atom is -0.192 e. The first-order valence-electron chi connectivity index (χ1n) is 7.22. The largest absolute Gasteiger partial charge is 0.192 e. The van der Waals surface area contributed by atoms with Crippen LogP contribution >= 0.6 is 23.5 Å². The molecule has 0 unspecified atom stereocenters. The van der Waals surface area contributed by atoms with Gasteiger partial charge < -0.3 is 0 Å². The lowest BCUT2D eigenvalue weighted by Gasteiger charge is -2.10. The van der Waals surface area contributed by atoms with Gasteiger partial charge in [-0.15, -0.1) is 36.7 Å². The Bertz CT molecular complexity index is 541. The Labute approximate surface area is 141 Å². The maximum atomic E-state index is 9.18. The molecule has 1 aromatic carbocycles. The van der Waals surface area contributed by atoms with Crippen molar-refractivity contribution in [1.29, 1.82) is 10.5 Å². The Balaban J connectivity index is 2.88. The summed E-state index contributed by atoms with van der Waals surface area (Å²) >= 11 is 3.50. The fourth-order valence-corrected chi connectivity index (χ4v) is 4.01. The van der Waals surface area contributed by atoms with Crippen molar-refractivity contribution < 1.29 is 0 Å². The summed E-state index contributed by atoms with van der Waals surface area (Å²) in [6.07, 6.45) is 7.97. The zero-order chi connectivity index (χ0) is 16.2. The van der Waals surface area contributed by atoms with E-state index in [2.05, 4.69) is 25.3 Å². The molecule has 0 aliphatic carbocycles. The monoisotopic (exact) mass is 328 g/mol. The molecule has 0 saturated heterocycles. The average molecular weight is 329 g/mol. The van der Waals surface area contributed by atoms with Gasteiger partial charge in [-0.3, -0.25) is 0 Å². The van der Waals surface area contributed by atoms with E-state index in [-0.39, 0.29) is 0 Å². The molecule has 0 atom stereocenters. The Morgan fingerprint density at radius 1 is 0.864 bits per heavy atom. The van der Waals surface area contributed by atoms with Gasteiger partial charge in [0.15, 0.2) is 0 Å². The molecule has 0 aliphatic heterocycles. The van der Waals surface area contributed by atoms with Gasteiger partial charge in [0, 0.05) is 9.79 Å². The topological polar surface area (TPSA) is 47.6 Å². The van der Waals surface area contributed by atoms with Crippen molar-refractivity contribution in [2.24, 2.45) is 0 Å². The summed E-state index contributed by atoms with van der Waals surface area (Å²) in [5.41, 5.74) is 0.924. The summed E-state index contributed by atoms with van der Waals surface area (Å²) in [6, 6.07) is 7.94. The van der Waals surface area contributed by atoms with Gasteiger partial charge in [-0.2, -0.15) is 10.5 Å². The van der Waals surface area contributed by atoms with Gasteiger partial charge in [-0.05, 0) is 49.3 Å². The molecule has 4 heteroatoms. The van der Waals surface area contributed by atoms with E-state index in [1.165, 1.54) is 0 Å². The zero-order valence-corrected chi connectivity index (χ0v) is 14.3. The van der Waals surface area contributed by atoms with E-state index in [9.17, 15) is 10.5 Å². The predicted octanol–water partition coefficient (Wildman–Crippen LogP) is 5.55. The molecule has 22 heavy (non-hydrogen) atoms. The lowest BCUT2D eigenvalue weighted by atomic mass is 10.1. The van der Waals surface area contributed by atoms with Crippen LogP contribution in [0.15, 0.2) is 47.2 Å². The molecule has 0 aromatic heterocycles. The summed E-state index contributed by atoms with van der Waals surface area (Å²) in [6.45, 7) is 7.46. The van der Waals surface area contributed by atoms with Crippen LogP contribution in [0.1, 0.15) is 36.8 Å². The highest BCUT2D eigenvalue weighted by Gasteiger charge is 2.10. The molecule has 0 bridgehead atoms. The van der Waals surface area contributed by atoms with Crippen LogP contribution in [0.3, 0.4) is 0 Å². The quantitative estimate of drug-likeness (QED) is 0.321. The Kier molecular flexibility index (Phi) is 9.23. The van der Waals surface area contributed by atoms with E-state index in [4.69, 9.17) is 0 Å². The lowest BCUT2D eigenvalue weighted by molar-refractivity contribution is 0.968. The van der Waals surface area contributed by atoms with Crippen LogP contribution < -0.4 is 0 Å². The molecule has 0 radical (unpaired) electrons. The molecule has 1 aromatic rings. The second kappa shape index (κ2) is 11.0. The zero-order valence-electron chi connectivity index (χ0n) is 12.7. The molecule has 1 rings (SSSR count). The molecular formula is C18H20N2S2. The third kappa shape index (κ3) is 6.02. The maximum Gasteiger partial charge on any atom is 0.101 e. The van der Waals surface area contributed by atoms with E-state index in [1.807, 2.05) is 24.3 Å². The summed E-state index contributed by atoms with van der Waals surface area (Å²) < 4.78 is 0. The molecule has 0 aliphatic rings. The van der Waals surface area contributed by atoms with Crippen molar-refractivity contribution in [3.8, 4) is 12.1 Å². The Morgan fingerprint density at radius 3 is 1.59 bits per heavy atom. The number of nitrogens with zero attached hydrogens (tertiary/aromatic N) is 2. The van der Waals surface area contributed by atoms with Gasteiger partial charge in [0.2, 0.25) is 0 Å². The highest BCUT2D eigenvalue weighted by atomic mass is 32.2. The number of thioether (sulfide) groups is 2. The van der Waals surface area contributed by atoms with Crippen LogP contribution in [0, 0.1) is 22.7 Å². The molecule has 0 heterocycles. The van der Waals surface area contributed by atoms with Gasteiger partial charge in [0.1, 0.15) is 12.1 Å². The summed E-state index contributed by atoms with van der Waals surface area (Å²) in [5, 5.41) is 18.4. The molecular weight excluding hydrogens is 308 g/mol. The number of allylic oxidation sites excluding steroid dienone is 2. The minimum atomic E-state index is 0.462. The molecule has 0 amide bonds. The normalized spacial score (nSPS) is 9.73. The van der Waals surface area contributed by atoms with Crippen LogP contribution in [0.25, 0.3) is 0 Å². The van der Waals surface area contributed by atoms with Gasteiger partial charge in [0.25, 0.3) is 0 Å². The SMILES string of the molecule is C=CCCCSc1cc(C#N)c(C#N)cc1SCCCC=C. The number of unbranched alkanes of at least 4 members (excludes halogenated alkanes) is 2. The van der Waals surface area contributed by atoms with Crippen LogP contribution in [-0.4, -0.2) is 11.5 Å². The number of hydrogen-bond acceptors (Lipinski definition) is 4. The standard InChI is InChI=1S/C18H20N2S2/c1-3-5-7-9-21-17-11-15(13-19)16(14-20)12-18(17)22-10-8-6-4-2/h3-4,11-12H,1-2,5-10H2. The van der Waals surface area contributed by atoms with Gasteiger partial charge in [0.05, 0.1) is 11.1 Å². The maximum absolute atomic E-state index is 9.18. The van der Waals surface area contributed by atoms with Crippen LogP contribution in [-0.2, 0) is 0 Å². The van der Waals surface area contributed by atoms with E-state index in [0.29, 0.717) is 11.1 Å². The first-order chi connectivity index (χ1) is 10.8. The summed E-state index contributed by atoms with van der Waals surface area (Å²) in [4.78, 5) is 2.20. The van der Waals surface area contributed by atoms with Crippen molar-refractivity contribution in [2.75, 3.05) is 11.5 Å². The summed E-state index contributed by atoms with van der Waals surface area (Å²) in [5.74, 6) is 1.98. The minimum absolute atomic E-state index is 0.462. The fourth-order valence-electron chi connectivity index (χ4n) is 1.79. The van der Waals surface area contributed by atoms with Gasteiger partial charge in [-0.25, -0.2) is 0 Å². The Hall–Kier alpha value is -1.62. The molecule has 0 spiro atoms. The van der Waals surface area contributed by atoms with Crippen LogP contribution in [0.5, 0.6) is 0 Å².